The molecule has 0 bridgehead atoms. The van der Waals surface area contributed by atoms with Gasteiger partial charge in [0.2, 0.25) is 0 Å². The highest BCUT2D eigenvalue weighted by atomic mass is 16.5. The Morgan fingerprint density at radius 1 is 1.32 bits per heavy atom. The Hall–Kier alpha value is -1.39. The van der Waals surface area contributed by atoms with Crippen LogP contribution in [0.3, 0.4) is 0 Å². The monoisotopic (exact) mass is 264 g/mol. The molecule has 1 aromatic rings. The van der Waals surface area contributed by atoms with Crippen molar-refractivity contribution >= 4 is 5.97 Å². The Bertz CT molecular complexity index is 392. The van der Waals surface area contributed by atoms with E-state index in [2.05, 4.69) is 10.2 Å². The molecule has 19 heavy (non-hydrogen) atoms. The molecule has 106 valence electrons. The number of hydrogen-bond acceptors (Lipinski definition) is 4. The van der Waals surface area contributed by atoms with Crippen molar-refractivity contribution in [2.75, 3.05) is 33.8 Å². The van der Waals surface area contributed by atoms with E-state index in [-0.39, 0.29) is 5.97 Å². The van der Waals surface area contributed by atoms with E-state index in [1.165, 1.54) is 0 Å². The Morgan fingerprint density at radius 3 is 2.47 bits per heavy atom. The van der Waals surface area contributed by atoms with Crippen molar-refractivity contribution in [1.82, 2.24) is 10.2 Å². The molecule has 0 aromatic heterocycles. The molecule has 1 atom stereocenters. The van der Waals surface area contributed by atoms with Crippen LogP contribution in [-0.4, -0.2) is 44.7 Å². The van der Waals surface area contributed by atoms with Gasteiger partial charge in [0.15, 0.2) is 0 Å². The predicted octanol–water partition coefficient (Wildman–Crippen LogP) is 1.62. The van der Waals surface area contributed by atoms with Crippen LogP contribution in [-0.2, 0) is 15.1 Å². The summed E-state index contributed by atoms with van der Waals surface area (Å²) in [6.07, 6.45) is 0. The van der Waals surface area contributed by atoms with Crippen LogP contribution in [0.15, 0.2) is 30.3 Å². The average Bonchev–Trinajstić information content (AvgIpc) is 2.39. The summed E-state index contributed by atoms with van der Waals surface area (Å²) in [7, 11) is 4.01. The summed E-state index contributed by atoms with van der Waals surface area (Å²) in [6, 6.07) is 9.69. The first-order valence-corrected chi connectivity index (χ1v) is 6.63. The van der Waals surface area contributed by atoms with Crippen molar-refractivity contribution < 1.29 is 9.53 Å². The lowest BCUT2D eigenvalue weighted by Gasteiger charge is -2.29. The third-order valence-electron chi connectivity index (χ3n) is 3.07. The SMILES string of the molecule is CCOC(=O)C(C)(NCCN(C)C)c1ccccc1. The van der Waals surface area contributed by atoms with Gasteiger partial charge in [-0.25, -0.2) is 4.79 Å². The highest BCUT2D eigenvalue weighted by molar-refractivity contribution is 5.82. The quantitative estimate of drug-likeness (QED) is 0.760. The fourth-order valence-electron chi connectivity index (χ4n) is 1.87. The first-order valence-electron chi connectivity index (χ1n) is 6.63. The molecule has 0 radical (unpaired) electrons. The van der Waals surface area contributed by atoms with Gasteiger partial charge < -0.3 is 9.64 Å². The van der Waals surface area contributed by atoms with Crippen LogP contribution in [0.5, 0.6) is 0 Å². The van der Waals surface area contributed by atoms with E-state index < -0.39 is 5.54 Å². The molecule has 1 N–H and O–H groups in total. The third kappa shape index (κ3) is 4.33. The van der Waals surface area contributed by atoms with Gasteiger partial charge in [0, 0.05) is 13.1 Å². The van der Waals surface area contributed by atoms with Crippen molar-refractivity contribution in [3.63, 3.8) is 0 Å². The minimum absolute atomic E-state index is 0.236. The van der Waals surface area contributed by atoms with E-state index in [0.29, 0.717) is 6.61 Å². The van der Waals surface area contributed by atoms with E-state index in [1.54, 1.807) is 0 Å². The lowest BCUT2D eigenvalue weighted by Crippen LogP contribution is -2.49. The number of rotatable bonds is 7. The fraction of sp³-hybridized carbons (Fsp3) is 0.533. The highest BCUT2D eigenvalue weighted by Gasteiger charge is 2.35. The number of benzene rings is 1. The van der Waals surface area contributed by atoms with E-state index in [1.807, 2.05) is 58.3 Å². The van der Waals surface area contributed by atoms with Crippen LogP contribution in [0.1, 0.15) is 19.4 Å². The molecule has 0 spiro atoms. The van der Waals surface area contributed by atoms with Gasteiger partial charge in [-0.15, -0.1) is 0 Å². The first kappa shape index (κ1) is 15.7. The van der Waals surface area contributed by atoms with Crippen molar-refractivity contribution in [3.05, 3.63) is 35.9 Å². The van der Waals surface area contributed by atoms with Crippen LogP contribution < -0.4 is 5.32 Å². The van der Waals surface area contributed by atoms with Gasteiger partial charge in [0.1, 0.15) is 5.54 Å². The molecular weight excluding hydrogens is 240 g/mol. The van der Waals surface area contributed by atoms with Crippen molar-refractivity contribution in [2.24, 2.45) is 0 Å². The van der Waals surface area contributed by atoms with Gasteiger partial charge in [-0.3, -0.25) is 5.32 Å². The molecule has 0 saturated carbocycles. The number of nitrogens with one attached hydrogen (secondary N) is 1. The summed E-state index contributed by atoms with van der Waals surface area (Å²) in [5, 5.41) is 3.31. The van der Waals surface area contributed by atoms with Gasteiger partial charge in [-0.2, -0.15) is 0 Å². The van der Waals surface area contributed by atoms with Gasteiger partial charge in [0.05, 0.1) is 6.61 Å². The average molecular weight is 264 g/mol. The van der Waals surface area contributed by atoms with E-state index in [9.17, 15) is 4.79 Å². The largest absolute Gasteiger partial charge is 0.464 e. The minimum Gasteiger partial charge on any atom is -0.464 e. The molecule has 1 unspecified atom stereocenters. The number of ether oxygens (including phenoxy) is 1. The third-order valence-corrected chi connectivity index (χ3v) is 3.07. The Balaban J connectivity index is 2.87. The number of likely N-dealkylation sites (N-methyl/N-ethyl adjacent to an activating group) is 1. The standard InChI is InChI=1S/C15H24N2O2/c1-5-19-14(18)15(2,16-11-12-17(3)4)13-9-7-6-8-10-13/h6-10,16H,5,11-12H2,1-4H3. The molecule has 1 aromatic carbocycles. The minimum atomic E-state index is -0.798. The lowest BCUT2D eigenvalue weighted by molar-refractivity contribution is -0.151. The normalized spacial score (nSPS) is 14.2. The van der Waals surface area contributed by atoms with E-state index in [0.717, 1.165) is 18.7 Å². The fourth-order valence-corrected chi connectivity index (χ4v) is 1.87. The molecule has 0 fully saturated rings. The molecule has 0 saturated heterocycles. The molecule has 0 aliphatic carbocycles. The Labute approximate surface area is 115 Å². The second-order valence-electron chi connectivity index (χ2n) is 4.94. The second-order valence-corrected chi connectivity index (χ2v) is 4.94. The number of carbonyl (C=O) groups excluding carboxylic acids is 1. The molecule has 4 nitrogen and oxygen atoms in total. The van der Waals surface area contributed by atoms with E-state index >= 15 is 0 Å². The molecular formula is C15H24N2O2. The van der Waals surface area contributed by atoms with Crippen LogP contribution in [0.2, 0.25) is 0 Å². The molecule has 4 heteroatoms. The Morgan fingerprint density at radius 2 is 1.95 bits per heavy atom. The van der Waals surface area contributed by atoms with Crippen molar-refractivity contribution in [1.29, 1.82) is 0 Å². The van der Waals surface area contributed by atoms with E-state index in [4.69, 9.17) is 4.74 Å². The zero-order chi connectivity index (χ0) is 14.3. The number of esters is 1. The highest BCUT2D eigenvalue weighted by Crippen LogP contribution is 2.22. The molecule has 0 aliphatic heterocycles. The molecule has 0 aliphatic rings. The van der Waals surface area contributed by atoms with Gasteiger partial charge in [0.25, 0.3) is 0 Å². The Kier molecular flexibility index (Phi) is 5.99. The summed E-state index contributed by atoms with van der Waals surface area (Å²) < 4.78 is 5.20. The second kappa shape index (κ2) is 7.26. The number of hydrogen-bond donors (Lipinski definition) is 1. The summed E-state index contributed by atoms with van der Waals surface area (Å²) in [5.74, 6) is -0.236. The zero-order valence-electron chi connectivity index (χ0n) is 12.3. The van der Waals surface area contributed by atoms with Crippen LogP contribution in [0.4, 0.5) is 0 Å². The summed E-state index contributed by atoms with van der Waals surface area (Å²) in [5.41, 5.74) is 0.125. The first-order chi connectivity index (χ1) is 9.00. The molecule has 1 rings (SSSR count). The predicted molar refractivity (Wildman–Crippen MR) is 77.0 cm³/mol. The summed E-state index contributed by atoms with van der Waals surface area (Å²) >= 11 is 0. The van der Waals surface area contributed by atoms with Crippen molar-refractivity contribution in [2.45, 2.75) is 19.4 Å². The lowest BCUT2D eigenvalue weighted by atomic mass is 9.92. The number of carbonyl (C=O) groups is 1. The van der Waals surface area contributed by atoms with Crippen LogP contribution in [0.25, 0.3) is 0 Å². The summed E-state index contributed by atoms with van der Waals surface area (Å²) in [6.45, 7) is 5.66. The van der Waals surface area contributed by atoms with Gasteiger partial charge in [-0.1, -0.05) is 30.3 Å². The maximum atomic E-state index is 12.2. The topological polar surface area (TPSA) is 41.6 Å². The molecule has 0 heterocycles. The summed E-state index contributed by atoms with van der Waals surface area (Å²) in [4.78, 5) is 14.3. The van der Waals surface area contributed by atoms with Gasteiger partial charge >= 0.3 is 5.97 Å². The maximum absolute atomic E-state index is 12.2. The zero-order valence-corrected chi connectivity index (χ0v) is 12.3. The smallest absolute Gasteiger partial charge is 0.330 e. The molecule has 0 amide bonds. The maximum Gasteiger partial charge on any atom is 0.330 e. The number of nitrogens with zero attached hydrogens (tertiary/aromatic N) is 1. The van der Waals surface area contributed by atoms with Crippen LogP contribution >= 0.6 is 0 Å². The van der Waals surface area contributed by atoms with Gasteiger partial charge in [-0.05, 0) is 33.5 Å². The van der Waals surface area contributed by atoms with Crippen molar-refractivity contribution in [3.8, 4) is 0 Å². The van der Waals surface area contributed by atoms with Crippen LogP contribution in [0, 0.1) is 0 Å².